The van der Waals surface area contributed by atoms with Crippen molar-refractivity contribution in [3.05, 3.63) is 71.4 Å². The second-order valence-electron chi connectivity index (χ2n) is 10.5. The van der Waals surface area contributed by atoms with E-state index in [-0.39, 0.29) is 30.3 Å². The molecule has 1 saturated heterocycles. The van der Waals surface area contributed by atoms with Crippen LogP contribution in [0.25, 0.3) is 0 Å². The fourth-order valence-corrected chi connectivity index (χ4v) is 5.53. The van der Waals surface area contributed by atoms with Crippen molar-refractivity contribution in [3.8, 4) is 11.5 Å². The van der Waals surface area contributed by atoms with Crippen LogP contribution in [0.2, 0.25) is 0 Å². The fraction of sp³-hybridized carbons (Fsp3) is 0.433. The van der Waals surface area contributed by atoms with Gasteiger partial charge in [-0.1, -0.05) is 44.2 Å². The van der Waals surface area contributed by atoms with Crippen LogP contribution in [-0.2, 0) is 14.3 Å². The van der Waals surface area contributed by atoms with Gasteiger partial charge in [-0.3, -0.25) is 14.5 Å². The maximum atomic E-state index is 14.1. The molecule has 2 aromatic rings. The first kappa shape index (κ1) is 26.7. The van der Waals surface area contributed by atoms with E-state index in [4.69, 9.17) is 9.47 Å². The average molecular weight is 533 g/mol. The number of likely N-dealkylation sites (N-methyl/N-ethyl adjacent to an activating group) is 1. The van der Waals surface area contributed by atoms with Crippen LogP contribution < -0.4 is 10.1 Å². The number of hydrogen-bond acceptors (Lipinski definition) is 5. The van der Waals surface area contributed by atoms with E-state index in [9.17, 15) is 14.4 Å². The first-order chi connectivity index (χ1) is 18.9. The number of ether oxygens (including phenoxy) is 2. The van der Waals surface area contributed by atoms with Crippen LogP contribution in [0.1, 0.15) is 38.8 Å². The number of carbonyl (C=O) groups excluding carboxylic acids is 3. The van der Waals surface area contributed by atoms with Crippen LogP contribution in [-0.4, -0.2) is 78.0 Å². The molecule has 9 nitrogen and oxygen atoms in total. The van der Waals surface area contributed by atoms with Crippen molar-refractivity contribution in [3.63, 3.8) is 0 Å². The molecule has 206 valence electrons. The Morgan fingerprint density at radius 3 is 2.46 bits per heavy atom. The summed E-state index contributed by atoms with van der Waals surface area (Å²) in [7, 11) is 0. The normalized spacial score (nSPS) is 20.3. The second kappa shape index (κ2) is 11.5. The highest BCUT2D eigenvalue weighted by molar-refractivity contribution is 6.03. The molecule has 0 radical (unpaired) electrons. The molecule has 0 bridgehead atoms. The van der Waals surface area contributed by atoms with Crippen molar-refractivity contribution in [1.82, 2.24) is 20.0 Å². The summed E-state index contributed by atoms with van der Waals surface area (Å²) in [6, 6.07) is 15.4. The minimum absolute atomic E-state index is 0.0580. The van der Waals surface area contributed by atoms with Gasteiger partial charge in [-0.05, 0) is 49.1 Å². The van der Waals surface area contributed by atoms with Gasteiger partial charge in [-0.15, -0.1) is 0 Å². The Bertz CT molecular complexity index is 1260. The van der Waals surface area contributed by atoms with Crippen LogP contribution in [0.15, 0.2) is 65.9 Å². The molecule has 0 aliphatic carbocycles. The zero-order chi connectivity index (χ0) is 27.5. The SMILES string of the molecule is CCN1C(=O)NC(c2cccc(Oc3ccccc3)c2)C2=C1CN(C(CC(C)C)C(=O)N1CCOCC1)C2=O. The number of hydrogen-bond donors (Lipinski definition) is 1. The number of benzene rings is 2. The van der Waals surface area contributed by atoms with E-state index in [2.05, 4.69) is 19.2 Å². The van der Waals surface area contributed by atoms with Gasteiger partial charge < -0.3 is 24.6 Å². The Kier molecular flexibility index (Phi) is 7.88. The topological polar surface area (TPSA) is 91.4 Å². The average Bonchev–Trinajstić information content (AvgIpc) is 3.28. The van der Waals surface area contributed by atoms with E-state index in [1.54, 1.807) is 14.7 Å². The minimum Gasteiger partial charge on any atom is -0.457 e. The highest BCUT2D eigenvalue weighted by Crippen LogP contribution is 2.39. The molecule has 1 fully saturated rings. The molecule has 0 aromatic heterocycles. The second-order valence-corrected chi connectivity index (χ2v) is 10.5. The van der Waals surface area contributed by atoms with Gasteiger partial charge in [0.1, 0.15) is 17.5 Å². The van der Waals surface area contributed by atoms with E-state index in [1.807, 2.05) is 61.5 Å². The number of urea groups is 1. The summed E-state index contributed by atoms with van der Waals surface area (Å²) in [6.07, 6.45) is 0.543. The van der Waals surface area contributed by atoms with Crippen LogP contribution in [0, 0.1) is 5.92 Å². The molecule has 0 saturated carbocycles. The summed E-state index contributed by atoms with van der Waals surface area (Å²) in [5.41, 5.74) is 1.92. The third-order valence-electron chi connectivity index (χ3n) is 7.42. The summed E-state index contributed by atoms with van der Waals surface area (Å²) in [6.45, 7) is 8.65. The summed E-state index contributed by atoms with van der Waals surface area (Å²) < 4.78 is 11.5. The summed E-state index contributed by atoms with van der Waals surface area (Å²) in [4.78, 5) is 46.1. The lowest BCUT2D eigenvalue weighted by Gasteiger charge is -2.35. The highest BCUT2D eigenvalue weighted by atomic mass is 16.5. The van der Waals surface area contributed by atoms with E-state index in [0.29, 0.717) is 62.0 Å². The molecular weight excluding hydrogens is 496 g/mol. The third-order valence-corrected chi connectivity index (χ3v) is 7.42. The molecule has 2 unspecified atom stereocenters. The molecule has 2 aromatic carbocycles. The van der Waals surface area contributed by atoms with Crippen LogP contribution >= 0.6 is 0 Å². The Hall–Kier alpha value is -3.85. The summed E-state index contributed by atoms with van der Waals surface area (Å²) in [5.74, 6) is 1.23. The number of carbonyl (C=O) groups is 3. The fourth-order valence-electron chi connectivity index (χ4n) is 5.53. The zero-order valence-corrected chi connectivity index (χ0v) is 22.8. The predicted molar refractivity (Wildman–Crippen MR) is 146 cm³/mol. The van der Waals surface area contributed by atoms with E-state index >= 15 is 0 Å². The lowest BCUT2D eigenvalue weighted by Crippen LogP contribution is -2.53. The largest absolute Gasteiger partial charge is 0.457 e. The third kappa shape index (κ3) is 5.49. The van der Waals surface area contributed by atoms with Crippen molar-refractivity contribution in [1.29, 1.82) is 0 Å². The summed E-state index contributed by atoms with van der Waals surface area (Å²) >= 11 is 0. The Labute approximate surface area is 229 Å². The number of amides is 4. The lowest BCUT2D eigenvalue weighted by molar-refractivity contribution is -0.146. The van der Waals surface area contributed by atoms with Crippen LogP contribution in [0.3, 0.4) is 0 Å². The van der Waals surface area contributed by atoms with Crippen molar-refractivity contribution in [2.45, 2.75) is 39.3 Å². The maximum absolute atomic E-state index is 14.1. The van der Waals surface area contributed by atoms with Crippen LogP contribution in [0.5, 0.6) is 11.5 Å². The van der Waals surface area contributed by atoms with Gasteiger partial charge >= 0.3 is 6.03 Å². The smallest absolute Gasteiger partial charge is 0.322 e. The summed E-state index contributed by atoms with van der Waals surface area (Å²) in [5, 5.41) is 3.03. The molecule has 2 atom stereocenters. The molecule has 0 spiro atoms. The van der Waals surface area contributed by atoms with Gasteiger partial charge in [-0.25, -0.2) is 4.79 Å². The maximum Gasteiger partial charge on any atom is 0.322 e. The molecule has 5 rings (SSSR count). The number of nitrogens with zero attached hydrogens (tertiary/aromatic N) is 3. The number of morpholine rings is 1. The Morgan fingerprint density at radius 1 is 1.05 bits per heavy atom. The Balaban J connectivity index is 1.47. The predicted octanol–water partition coefficient (Wildman–Crippen LogP) is 3.93. The number of para-hydroxylation sites is 1. The van der Waals surface area contributed by atoms with Crippen LogP contribution in [0.4, 0.5) is 4.79 Å². The molecule has 1 N–H and O–H groups in total. The first-order valence-corrected chi connectivity index (χ1v) is 13.7. The molecule has 3 aliphatic rings. The van der Waals surface area contributed by atoms with Crippen molar-refractivity contribution in [2.75, 3.05) is 39.4 Å². The van der Waals surface area contributed by atoms with Gasteiger partial charge in [0.2, 0.25) is 5.91 Å². The van der Waals surface area contributed by atoms with E-state index < -0.39 is 12.1 Å². The van der Waals surface area contributed by atoms with Gasteiger partial charge in [-0.2, -0.15) is 0 Å². The minimum atomic E-state index is -0.648. The van der Waals surface area contributed by atoms with Gasteiger partial charge in [0.25, 0.3) is 5.91 Å². The van der Waals surface area contributed by atoms with Gasteiger partial charge in [0.15, 0.2) is 0 Å². The quantitative estimate of drug-likeness (QED) is 0.556. The zero-order valence-electron chi connectivity index (χ0n) is 22.8. The lowest BCUT2D eigenvalue weighted by atomic mass is 9.95. The van der Waals surface area contributed by atoms with E-state index in [0.717, 1.165) is 5.56 Å². The first-order valence-electron chi connectivity index (χ1n) is 13.7. The van der Waals surface area contributed by atoms with Crippen molar-refractivity contribution < 1.29 is 23.9 Å². The molecular formula is C30H36N4O5. The standard InChI is InChI=1S/C30H36N4O5/c1-4-33-25-19-34(24(17-20(2)3)28(35)32-13-15-38-16-14-32)29(36)26(25)27(31-30(33)37)21-9-8-12-23(18-21)39-22-10-6-5-7-11-22/h5-12,18,20,24,27H,4,13-17,19H2,1-3H3,(H,31,37). The van der Waals surface area contributed by atoms with Crippen molar-refractivity contribution >= 4 is 17.8 Å². The number of nitrogens with one attached hydrogen (secondary N) is 1. The van der Waals surface area contributed by atoms with Gasteiger partial charge in [0.05, 0.1) is 37.1 Å². The molecule has 4 amide bonds. The van der Waals surface area contributed by atoms with E-state index in [1.165, 1.54) is 0 Å². The van der Waals surface area contributed by atoms with Gasteiger partial charge in [0, 0.05) is 19.6 Å². The highest BCUT2D eigenvalue weighted by Gasteiger charge is 2.47. The molecule has 9 heteroatoms. The monoisotopic (exact) mass is 532 g/mol. The molecule has 39 heavy (non-hydrogen) atoms. The molecule has 3 heterocycles. The Morgan fingerprint density at radius 2 is 1.77 bits per heavy atom. The molecule has 3 aliphatic heterocycles. The number of rotatable bonds is 8. The van der Waals surface area contributed by atoms with Crippen molar-refractivity contribution in [2.24, 2.45) is 5.92 Å².